The van der Waals surface area contributed by atoms with Gasteiger partial charge in [-0.3, -0.25) is 4.79 Å². The van der Waals surface area contributed by atoms with E-state index in [9.17, 15) is 9.18 Å². The molecule has 2 rings (SSSR count). The molecule has 92 valence electrons. The first-order chi connectivity index (χ1) is 8.11. The van der Waals surface area contributed by atoms with Crippen LogP contribution in [0.1, 0.15) is 16.8 Å². The van der Waals surface area contributed by atoms with Gasteiger partial charge in [0.1, 0.15) is 5.82 Å². The zero-order valence-electron chi connectivity index (χ0n) is 9.20. The highest BCUT2D eigenvalue weighted by atomic mass is 127. The van der Waals surface area contributed by atoms with E-state index in [4.69, 9.17) is 5.11 Å². The summed E-state index contributed by atoms with van der Waals surface area (Å²) in [6, 6.07) is 4.51. The van der Waals surface area contributed by atoms with Crippen molar-refractivity contribution in [2.75, 3.05) is 19.7 Å². The van der Waals surface area contributed by atoms with Crippen molar-refractivity contribution in [1.29, 1.82) is 0 Å². The highest BCUT2D eigenvalue weighted by Gasteiger charge is 2.26. The molecule has 1 amide bonds. The van der Waals surface area contributed by atoms with Gasteiger partial charge in [-0.05, 0) is 47.2 Å². The molecule has 0 radical (unpaired) electrons. The quantitative estimate of drug-likeness (QED) is 0.829. The third-order valence-corrected chi connectivity index (χ3v) is 3.87. The predicted octanol–water partition coefficient (Wildman–Crippen LogP) is 1.88. The monoisotopic (exact) mass is 349 g/mol. The number of nitrogens with zero attached hydrogens (tertiary/aromatic N) is 1. The molecule has 1 aliphatic rings. The fourth-order valence-electron chi connectivity index (χ4n) is 1.98. The van der Waals surface area contributed by atoms with Crippen molar-refractivity contribution in [1.82, 2.24) is 4.90 Å². The second kappa shape index (κ2) is 5.30. The molecule has 1 atom stereocenters. The largest absolute Gasteiger partial charge is 0.396 e. The van der Waals surface area contributed by atoms with Crippen LogP contribution < -0.4 is 0 Å². The summed E-state index contributed by atoms with van der Waals surface area (Å²) in [6.07, 6.45) is 0.815. The fourth-order valence-corrected chi connectivity index (χ4v) is 2.31. The summed E-state index contributed by atoms with van der Waals surface area (Å²) >= 11 is 1.89. The Labute approximate surface area is 113 Å². The molecule has 17 heavy (non-hydrogen) atoms. The van der Waals surface area contributed by atoms with Crippen molar-refractivity contribution in [2.45, 2.75) is 6.42 Å². The first-order valence-electron chi connectivity index (χ1n) is 5.47. The van der Waals surface area contributed by atoms with Crippen molar-refractivity contribution < 1.29 is 14.3 Å². The zero-order valence-corrected chi connectivity index (χ0v) is 11.4. The SMILES string of the molecule is O=C(c1ccc(I)c(F)c1)N1CCC(CO)C1. The lowest BCUT2D eigenvalue weighted by Gasteiger charge is -2.16. The molecular formula is C12H13FINO2. The summed E-state index contributed by atoms with van der Waals surface area (Å²) in [7, 11) is 0. The van der Waals surface area contributed by atoms with Gasteiger partial charge in [0.15, 0.2) is 0 Å². The molecule has 0 aliphatic carbocycles. The molecule has 0 saturated carbocycles. The molecule has 0 spiro atoms. The summed E-state index contributed by atoms with van der Waals surface area (Å²) in [5, 5.41) is 9.02. The van der Waals surface area contributed by atoms with E-state index in [0.717, 1.165) is 6.42 Å². The van der Waals surface area contributed by atoms with Crippen LogP contribution in [0.5, 0.6) is 0 Å². The van der Waals surface area contributed by atoms with Gasteiger partial charge in [0, 0.05) is 34.7 Å². The second-order valence-corrected chi connectivity index (χ2v) is 5.38. The van der Waals surface area contributed by atoms with E-state index < -0.39 is 0 Å². The maximum atomic E-state index is 13.4. The average molecular weight is 349 g/mol. The molecule has 0 aromatic heterocycles. The topological polar surface area (TPSA) is 40.5 Å². The number of carbonyl (C=O) groups excluding carboxylic acids is 1. The standard InChI is InChI=1S/C12H13FINO2/c13-10-5-9(1-2-11(10)14)12(17)15-4-3-8(6-15)7-16/h1-2,5,8,16H,3-4,6-7H2. The number of amides is 1. The maximum Gasteiger partial charge on any atom is 0.253 e. The lowest BCUT2D eigenvalue weighted by atomic mass is 10.1. The smallest absolute Gasteiger partial charge is 0.253 e. The Morgan fingerprint density at radius 2 is 2.35 bits per heavy atom. The van der Waals surface area contributed by atoms with Crippen LogP contribution in [0.25, 0.3) is 0 Å². The minimum atomic E-state index is -0.366. The van der Waals surface area contributed by atoms with Crippen LogP contribution in [0.4, 0.5) is 4.39 Å². The minimum Gasteiger partial charge on any atom is -0.396 e. The Balaban J connectivity index is 2.12. The Bertz CT molecular complexity index is 439. The Kier molecular flexibility index (Phi) is 3.98. The summed E-state index contributed by atoms with van der Waals surface area (Å²) < 4.78 is 13.9. The first-order valence-corrected chi connectivity index (χ1v) is 6.55. The van der Waals surface area contributed by atoms with Crippen molar-refractivity contribution in [2.24, 2.45) is 5.92 Å². The third kappa shape index (κ3) is 2.77. The third-order valence-electron chi connectivity index (χ3n) is 3.00. The molecule has 1 N–H and O–H groups in total. The van der Waals surface area contributed by atoms with E-state index in [2.05, 4.69) is 0 Å². The van der Waals surface area contributed by atoms with E-state index in [0.29, 0.717) is 22.2 Å². The molecular weight excluding hydrogens is 336 g/mol. The van der Waals surface area contributed by atoms with Crippen LogP contribution in [-0.4, -0.2) is 35.6 Å². The number of rotatable bonds is 2. The summed E-state index contributed by atoms with van der Waals surface area (Å²) in [5.74, 6) is -0.363. The van der Waals surface area contributed by atoms with Gasteiger partial charge in [0.2, 0.25) is 0 Å². The van der Waals surface area contributed by atoms with Gasteiger partial charge >= 0.3 is 0 Å². The molecule has 1 saturated heterocycles. The van der Waals surface area contributed by atoms with Gasteiger partial charge in [-0.15, -0.1) is 0 Å². The second-order valence-electron chi connectivity index (χ2n) is 4.22. The lowest BCUT2D eigenvalue weighted by molar-refractivity contribution is 0.0781. The number of halogens is 2. The Morgan fingerprint density at radius 1 is 1.59 bits per heavy atom. The van der Waals surface area contributed by atoms with Crippen molar-refractivity contribution >= 4 is 28.5 Å². The molecule has 1 unspecified atom stereocenters. The minimum absolute atomic E-state index is 0.102. The van der Waals surface area contributed by atoms with E-state index in [-0.39, 0.29) is 24.2 Å². The summed E-state index contributed by atoms with van der Waals surface area (Å²) in [4.78, 5) is 13.7. The van der Waals surface area contributed by atoms with Gasteiger partial charge in [-0.25, -0.2) is 4.39 Å². The van der Waals surface area contributed by atoms with E-state index in [1.807, 2.05) is 22.6 Å². The van der Waals surface area contributed by atoms with Crippen LogP contribution in [-0.2, 0) is 0 Å². The number of benzene rings is 1. The predicted molar refractivity (Wildman–Crippen MR) is 70.2 cm³/mol. The highest BCUT2D eigenvalue weighted by molar-refractivity contribution is 14.1. The number of hydrogen-bond acceptors (Lipinski definition) is 2. The molecule has 1 aromatic carbocycles. The van der Waals surface area contributed by atoms with Crippen LogP contribution in [0.15, 0.2) is 18.2 Å². The highest BCUT2D eigenvalue weighted by Crippen LogP contribution is 2.19. The van der Waals surface area contributed by atoms with Gasteiger partial charge in [0.25, 0.3) is 5.91 Å². The molecule has 1 heterocycles. The molecule has 0 bridgehead atoms. The van der Waals surface area contributed by atoms with E-state index in [1.54, 1.807) is 17.0 Å². The average Bonchev–Trinajstić information content (AvgIpc) is 2.80. The van der Waals surface area contributed by atoms with E-state index >= 15 is 0 Å². The number of aliphatic hydroxyl groups excluding tert-OH is 1. The van der Waals surface area contributed by atoms with Crippen LogP contribution in [0.3, 0.4) is 0 Å². The number of carbonyl (C=O) groups is 1. The number of likely N-dealkylation sites (tertiary alicyclic amines) is 1. The summed E-state index contributed by atoms with van der Waals surface area (Å²) in [6.45, 7) is 1.30. The van der Waals surface area contributed by atoms with Crippen molar-refractivity contribution in [3.63, 3.8) is 0 Å². The van der Waals surface area contributed by atoms with Gasteiger partial charge in [0.05, 0.1) is 0 Å². The van der Waals surface area contributed by atoms with Crippen LogP contribution in [0, 0.1) is 15.3 Å². The molecule has 1 aromatic rings. The number of aliphatic hydroxyl groups is 1. The maximum absolute atomic E-state index is 13.4. The van der Waals surface area contributed by atoms with Crippen molar-refractivity contribution in [3.05, 3.63) is 33.1 Å². The first kappa shape index (κ1) is 12.8. The van der Waals surface area contributed by atoms with Crippen molar-refractivity contribution in [3.8, 4) is 0 Å². The van der Waals surface area contributed by atoms with Gasteiger partial charge < -0.3 is 10.0 Å². The Hall–Kier alpha value is -0.690. The van der Waals surface area contributed by atoms with E-state index in [1.165, 1.54) is 6.07 Å². The number of hydrogen-bond donors (Lipinski definition) is 1. The van der Waals surface area contributed by atoms with Gasteiger partial charge in [-0.2, -0.15) is 0 Å². The normalized spacial score (nSPS) is 19.7. The van der Waals surface area contributed by atoms with Crippen LogP contribution in [0.2, 0.25) is 0 Å². The van der Waals surface area contributed by atoms with Gasteiger partial charge in [-0.1, -0.05) is 0 Å². The zero-order chi connectivity index (χ0) is 12.4. The lowest BCUT2D eigenvalue weighted by Crippen LogP contribution is -2.29. The fraction of sp³-hybridized carbons (Fsp3) is 0.417. The molecule has 5 heteroatoms. The molecule has 1 fully saturated rings. The molecule has 1 aliphatic heterocycles. The van der Waals surface area contributed by atoms with Crippen LogP contribution >= 0.6 is 22.6 Å². The summed E-state index contributed by atoms with van der Waals surface area (Å²) in [5.41, 5.74) is 0.376. The Morgan fingerprint density at radius 3 is 2.94 bits per heavy atom. The molecule has 3 nitrogen and oxygen atoms in total.